The molecule has 0 spiro atoms. The van der Waals surface area contributed by atoms with E-state index in [9.17, 15) is 9.90 Å². The summed E-state index contributed by atoms with van der Waals surface area (Å²) in [5.41, 5.74) is 2.62. The van der Waals surface area contributed by atoms with Crippen LogP contribution in [0.5, 0.6) is 0 Å². The van der Waals surface area contributed by atoms with Crippen LogP contribution in [0, 0.1) is 0 Å². The highest BCUT2D eigenvalue weighted by molar-refractivity contribution is 6.01. The van der Waals surface area contributed by atoms with Crippen molar-refractivity contribution in [1.82, 2.24) is 19.3 Å². The van der Waals surface area contributed by atoms with E-state index >= 15 is 0 Å². The normalized spacial score (nSPS) is 11.1. The number of rotatable bonds is 4. The number of aromatic carboxylic acids is 1. The lowest BCUT2D eigenvalue weighted by atomic mass is 10.2. The Morgan fingerprint density at radius 3 is 2.90 bits per heavy atom. The zero-order valence-electron chi connectivity index (χ0n) is 11.0. The lowest BCUT2D eigenvalue weighted by Gasteiger charge is -2.05. The first kappa shape index (κ1) is 12.4. The van der Waals surface area contributed by atoms with Crippen molar-refractivity contribution in [2.75, 3.05) is 0 Å². The molecule has 0 atom stereocenters. The molecule has 0 saturated carbocycles. The molecule has 2 aromatic heterocycles. The minimum absolute atomic E-state index is 0.279. The van der Waals surface area contributed by atoms with Crippen LogP contribution >= 0.6 is 0 Å². The fourth-order valence-corrected chi connectivity index (χ4v) is 2.30. The molecule has 0 aliphatic heterocycles. The van der Waals surface area contributed by atoms with Gasteiger partial charge in [0.1, 0.15) is 0 Å². The number of aromatic nitrogens is 4. The van der Waals surface area contributed by atoms with Crippen molar-refractivity contribution in [1.29, 1.82) is 0 Å². The molecule has 3 aromatic rings. The number of carboxylic acid groups (broad SMARTS) is 1. The van der Waals surface area contributed by atoms with E-state index < -0.39 is 5.97 Å². The molecule has 102 valence electrons. The Morgan fingerprint density at radius 2 is 2.20 bits per heavy atom. The molecule has 20 heavy (non-hydrogen) atoms. The van der Waals surface area contributed by atoms with Crippen LogP contribution in [0.15, 0.2) is 36.8 Å². The van der Waals surface area contributed by atoms with Gasteiger partial charge >= 0.3 is 5.97 Å². The molecule has 0 aliphatic carbocycles. The zero-order valence-corrected chi connectivity index (χ0v) is 11.0. The van der Waals surface area contributed by atoms with E-state index in [1.54, 1.807) is 23.1 Å². The Hall–Kier alpha value is -2.63. The Morgan fingerprint density at radius 1 is 1.35 bits per heavy atom. The van der Waals surface area contributed by atoms with Crippen molar-refractivity contribution in [3.05, 3.63) is 48.0 Å². The lowest BCUT2D eigenvalue weighted by Crippen LogP contribution is -2.05. The van der Waals surface area contributed by atoms with Crippen molar-refractivity contribution in [2.45, 2.75) is 13.0 Å². The monoisotopic (exact) mass is 270 g/mol. The van der Waals surface area contributed by atoms with Crippen LogP contribution in [0.3, 0.4) is 0 Å². The Balaban J connectivity index is 1.93. The second-order valence-electron chi connectivity index (χ2n) is 4.65. The molecule has 1 aromatic carbocycles. The third-order valence-corrected chi connectivity index (χ3v) is 3.25. The molecule has 0 fully saturated rings. The van der Waals surface area contributed by atoms with E-state index in [0.717, 1.165) is 12.1 Å². The summed E-state index contributed by atoms with van der Waals surface area (Å²) in [6.45, 7) is 0.651. The Kier molecular flexibility index (Phi) is 2.98. The number of carboxylic acids is 1. The molecule has 0 bridgehead atoms. The molecule has 0 radical (unpaired) electrons. The van der Waals surface area contributed by atoms with E-state index in [-0.39, 0.29) is 5.56 Å². The van der Waals surface area contributed by atoms with Gasteiger partial charge in [-0.05, 0) is 18.2 Å². The van der Waals surface area contributed by atoms with Gasteiger partial charge in [-0.1, -0.05) is 6.07 Å². The number of nitrogens with zero attached hydrogens (tertiary/aromatic N) is 4. The van der Waals surface area contributed by atoms with Crippen LogP contribution < -0.4 is 0 Å². The predicted molar refractivity (Wildman–Crippen MR) is 73.6 cm³/mol. The summed E-state index contributed by atoms with van der Waals surface area (Å²) in [6, 6.07) is 7.09. The fourth-order valence-electron chi connectivity index (χ4n) is 2.30. The quantitative estimate of drug-likeness (QED) is 0.783. The van der Waals surface area contributed by atoms with E-state index in [4.69, 9.17) is 0 Å². The summed E-state index contributed by atoms with van der Waals surface area (Å²) >= 11 is 0. The van der Waals surface area contributed by atoms with Gasteiger partial charge in [-0.2, -0.15) is 5.10 Å². The molecular weight excluding hydrogens is 256 g/mol. The van der Waals surface area contributed by atoms with Gasteiger partial charge in [-0.3, -0.25) is 4.68 Å². The maximum Gasteiger partial charge on any atom is 0.337 e. The van der Waals surface area contributed by atoms with Gasteiger partial charge in [0.15, 0.2) is 0 Å². The highest BCUT2D eigenvalue weighted by atomic mass is 16.4. The van der Waals surface area contributed by atoms with Gasteiger partial charge < -0.3 is 9.67 Å². The number of carbonyl (C=O) groups is 1. The molecule has 3 rings (SSSR count). The number of benzene rings is 1. The summed E-state index contributed by atoms with van der Waals surface area (Å²) in [5, 5.41) is 13.6. The van der Waals surface area contributed by atoms with E-state index in [0.29, 0.717) is 17.6 Å². The average Bonchev–Trinajstić information content (AvgIpc) is 3.02. The summed E-state index contributed by atoms with van der Waals surface area (Å²) in [5.74, 6) is -0.935. The molecule has 0 aliphatic rings. The highest BCUT2D eigenvalue weighted by Gasteiger charge is 2.13. The van der Waals surface area contributed by atoms with Crippen molar-refractivity contribution in [2.24, 2.45) is 7.05 Å². The van der Waals surface area contributed by atoms with Crippen LogP contribution in [-0.2, 0) is 20.0 Å². The maximum absolute atomic E-state index is 11.3. The van der Waals surface area contributed by atoms with Crippen LogP contribution in [0.2, 0.25) is 0 Å². The first-order valence-corrected chi connectivity index (χ1v) is 6.31. The standard InChI is InChI=1S/C14H14N4O2/c1-17-7-5-10(16-17)6-8-18-9-15-12-4-2-3-11(13(12)18)14(19)20/h2-5,7,9H,6,8H2,1H3,(H,19,20). The van der Waals surface area contributed by atoms with Crippen LogP contribution in [0.1, 0.15) is 16.1 Å². The van der Waals surface area contributed by atoms with Gasteiger partial charge in [0, 0.05) is 26.2 Å². The second kappa shape index (κ2) is 4.80. The summed E-state index contributed by atoms with van der Waals surface area (Å²) in [7, 11) is 1.87. The van der Waals surface area contributed by atoms with E-state index in [1.807, 2.05) is 29.9 Å². The van der Waals surface area contributed by atoms with E-state index in [1.165, 1.54) is 0 Å². The van der Waals surface area contributed by atoms with Crippen molar-refractivity contribution in [3.63, 3.8) is 0 Å². The Labute approximate surface area is 115 Å². The number of hydrogen-bond acceptors (Lipinski definition) is 3. The molecule has 1 N–H and O–H groups in total. The van der Waals surface area contributed by atoms with Crippen LogP contribution in [0.25, 0.3) is 11.0 Å². The predicted octanol–water partition coefficient (Wildman–Crippen LogP) is 1.71. The zero-order chi connectivity index (χ0) is 14.1. The van der Waals surface area contributed by atoms with Gasteiger partial charge in [-0.25, -0.2) is 9.78 Å². The molecule has 0 saturated heterocycles. The highest BCUT2D eigenvalue weighted by Crippen LogP contribution is 2.18. The smallest absolute Gasteiger partial charge is 0.337 e. The average molecular weight is 270 g/mol. The number of aryl methyl sites for hydroxylation is 3. The van der Waals surface area contributed by atoms with Crippen molar-refractivity contribution < 1.29 is 9.90 Å². The lowest BCUT2D eigenvalue weighted by molar-refractivity contribution is 0.0698. The van der Waals surface area contributed by atoms with Gasteiger partial charge in [0.2, 0.25) is 0 Å². The number of imidazole rings is 1. The third-order valence-electron chi connectivity index (χ3n) is 3.25. The molecule has 6 heteroatoms. The number of para-hydroxylation sites is 1. The maximum atomic E-state index is 11.3. The molecule has 0 unspecified atom stereocenters. The third kappa shape index (κ3) is 2.16. The molecule has 6 nitrogen and oxygen atoms in total. The van der Waals surface area contributed by atoms with Gasteiger partial charge in [0.05, 0.1) is 28.6 Å². The minimum atomic E-state index is -0.935. The van der Waals surface area contributed by atoms with Gasteiger partial charge in [0.25, 0.3) is 0 Å². The topological polar surface area (TPSA) is 72.9 Å². The molecular formula is C14H14N4O2. The van der Waals surface area contributed by atoms with Crippen LogP contribution in [0.4, 0.5) is 0 Å². The Bertz CT molecular complexity index is 772. The second-order valence-corrected chi connectivity index (χ2v) is 4.65. The summed E-state index contributed by atoms with van der Waals surface area (Å²) in [4.78, 5) is 15.5. The first-order chi connectivity index (χ1) is 9.65. The van der Waals surface area contributed by atoms with Gasteiger partial charge in [-0.15, -0.1) is 0 Å². The number of hydrogen-bond donors (Lipinski definition) is 1. The summed E-state index contributed by atoms with van der Waals surface area (Å²) < 4.78 is 3.62. The minimum Gasteiger partial charge on any atom is -0.478 e. The largest absolute Gasteiger partial charge is 0.478 e. The van der Waals surface area contributed by atoms with E-state index in [2.05, 4.69) is 10.1 Å². The molecule has 0 amide bonds. The summed E-state index contributed by atoms with van der Waals surface area (Å²) in [6.07, 6.45) is 4.31. The van der Waals surface area contributed by atoms with Crippen molar-refractivity contribution >= 4 is 17.0 Å². The molecule has 2 heterocycles. The number of fused-ring (bicyclic) bond motifs is 1. The van der Waals surface area contributed by atoms with Crippen molar-refractivity contribution in [3.8, 4) is 0 Å². The van der Waals surface area contributed by atoms with Crippen LogP contribution in [-0.4, -0.2) is 30.4 Å². The fraction of sp³-hybridized carbons (Fsp3) is 0.214. The SMILES string of the molecule is Cn1ccc(CCn2cnc3cccc(C(=O)O)c32)n1. The first-order valence-electron chi connectivity index (χ1n) is 6.31.